The van der Waals surface area contributed by atoms with E-state index in [0.29, 0.717) is 5.57 Å². The summed E-state index contributed by atoms with van der Waals surface area (Å²) in [4.78, 5) is 15.0. The Morgan fingerprint density at radius 3 is 3.09 bits per heavy atom. The molecule has 1 atom stereocenters. The zero-order valence-corrected chi connectivity index (χ0v) is 6.20. The molecule has 1 unspecified atom stereocenters. The number of hydroxylamine groups is 1. The van der Waals surface area contributed by atoms with Crippen LogP contribution in [0.2, 0.25) is 0 Å². The van der Waals surface area contributed by atoms with Gasteiger partial charge in [0.2, 0.25) is 0 Å². The van der Waals surface area contributed by atoms with Gasteiger partial charge in [-0.1, -0.05) is 18.2 Å². The van der Waals surface area contributed by atoms with Gasteiger partial charge in [-0.3, -0.25) is 0 Å². The van der Waals surface area contributed by atoms with Crippen LogP contribution in [0.4, 0.5) is 0 Å². The number of nitrogens with one attached hydrogen (secondary N) is 1. The lowest BCUT2D eigenvalue weighted by Gasteiger charge is -2.13. The monoisotopic (exact) mass is 151 g/mol. The second-order valence-corrected chi connectivity index (χ2v) is 2.10. The molecule has 0 aromatic carbocycles. The van der Waals surface area contributed by atoms with Crippen molar-refractivity contribution < 1.29 is 9.63 Å². The first kappa shape index (κ1) is 7.95. The Labute approximate surface area is 65.0 Å². The molecule has 3 heteroatoms. The third-order valence-electron chi connectivity index (χ3n) is 1.39. The molecule has 0 heterocycles. The predicted molar refractivity (Wildman–Crippen MR) is 41.4 cm³/mol. The number of allylic oxidation sites excluding steroid dienone is 2. The number of carbonyl (C=O) groups excluding carboxylic acids is 1. The minimum absolute atomic E-state index is 0.164. The van der Waals surface area contributed by atoms with Crippen LogP contribution in [0.5, 0.6) is 0 Å². The number of rotatable bonds is 2. The second-order valence-electron chi connectivity index (χ2n) is 2.10. The molecule has 0 saturated carbocycles. The topological polar surface area (TPSA) is 38.3 Å². The average Bonchev–Trinajstić information content (AvgIpc) is 2.06. The summed E-state index contributed by atoms with van der Waals surface area (Å²) in [7, 11) is 1.51. The van der Waals surface area contributed by atoms with Gasteiger partial charge in [-0.25, -0.2) is 4.79 Å². The van der Waals surface area contributed by atoms with Gasteiger partial charge in [-0.2, -0.15) is 5.48 Å². The highest BCUT2D eigenvalue weighted by Gasteiger charge is 2.10. The van der Waals surface area contributed by atoms with Gasteiger partial charge in [-0.05, 0) is 6.08 Å². The first-order valence-corrected chi connectivity index (χ1v) is 3.27. The summed E-state index contributed by atoms with van der Waals surface area (Å²) in [6.07, 6.45) is 7.15. The summed E-state index contributed by atoms with van der Waals surface area (Å²) in [5, 5.41) is 0. The fraction of sp³-hybridized carbons (Fsp3) is 0.250. The van der Waals surface area contributed by atoms with Crippen LogP contribution in [0.15, 0.2) is 29.9 Å². The molecule has 0 radical (unpaired) electrons. The summed E-state index contributed by atoms with van der Waals surface area (Å²) in [5.41, 5.74) is 3.20. The van der Waals surface area contributed by atoms with E-state index in [1.165, 1.54) is 7.11 Å². The highest BCUT2D eigenvalue weighted by molar-refractivity contribution is 5.62. The van der Waals surface area contributed by atoms with Crippen LogP contribution in [0.3, 0.4) is 0 Å². The Morgan fingerprint density at radius 2 is 2.45 bits per heavy atom. The lowest BCUT2D eigenvalue weighted by molar-refractivity contribution is 0.0830. The Balaban J connectivity index is 2.71. The third-order valence-corrected chi connectivity index (χ3v) is 1.39. The molecule has 0 spiro atoms. The van der Waals surface area contributed by atoms with Gasteiger partial charge in [-0.15, -0.1) is 0 Å². The Kier molecular flexibility index (Phi) is 2.81. The third kappa shape index (κ3) is 1.88. The van der Waals surface area contributed by atoms with Crippen LogP contribution in [0.1, 0.15) is 0 Å². The van der Waals surface area contributed by atoms with Crippen molar-refractivity contribution in [3.63, 3.8) is 0 Å². The molecule has 0 aromatic heterocycles. The molecule has 58 valence electrons. The predicted octanol–water partition coefficient (Wildman–Crippen LogP) is 0.390. The van der Waals surface area contributed by atoms with E-state index in [0.717, 1.165) is 0 Å². The van der Waals surface area contributed by atoms with Crippen molar-refractivity contribution in [3.05, 3.63) is 29.9 Å². The molecule has 1 aliphatic rings. The molecule has 0 aliphatic heterocycles. The van der Waals surface area contributed by atoms with E-state index in [1.807, 2.05) is 18.1 Å². The molecule has 1 rings (SSSR count). The van der Waals surface area contributed by atoms with Crippen LogP contribution in [0, 0.1) is 0 Å². The molecular weight excluding hydrogens is 142 g/mol. The Hall–Kier alpha value is -1.15. The van der Waals surface area contributed by atoms with E-state index in [4.69, 9.17) is 0 Å². The van der Waals surface area contributed by atoms with Crippen molar-refractivity contribution in [2.24, 2.45) is 0 Å². The van der Waals surface area contributed by atoms with Crippen LogP contribution in [0.25, 0.3) is 0 Å². The van der Waals surface area contributed by atoms with Gasteiger partial charge >= 0.3 is 0 Å². The smallest absolute Gasteiger partial charge is 0.130 e. The van der Waals surface area contributed by atoms with E-state index >= 15 is 0 Å². The van der Waals surface area contributed by atoms with Gasteiger partial charge in [0.05, 0.1) is 18.7 Å². The van der Waals surface area contributed by atoms with E-state index in [1.54, 1.807) is 12.2 Å². The molecule has 0 fully saturated rings. The Bertz CT molecular complexity index is 236. The maximum atomic E-state index is 10.3. The van der Waals surface area contributed by atoms with Crippen LogP contribution >= 0.6 is 0 Å². The van der Waals surface area contributed by atoms with Crippen molar-refractivity contribution in [2.75, 3.05) is 7.11 Å². The normalized spacial score (nSPS) is 21.9. The summed E-state index contributed by atoms with van der Waals surface area (Å²) in [6.45, 7) is 0. The van der Waals surface area contributed by atoms with Crippen LogP contribution < -0.4 is 5.48 Å². The van der Waals surface area contributed by atoms with Gasteiger partial charge in [0, 0.05) is 0 Å². The molecular formula is C8H9NO2. The van der Waals surface area contributed by atoms with Gasteiger partial charge in [0.1, 0.15) is 5.94 Å². The molecule has 0 bridgehead atoms. The summed E-state index contributed by atoms with van der Waals surface area (Å²) >= 11 is 0. The van der Waals surface area contributed by atoms with Crippen LogP contribution in [-0.4, -0.2) is 19.1 Å². The summed E-state index contributed by atoms with van der Waals surface area (Å²) in [5.74, 6) is 1.82. The first-order chi connectivity index (χ1) is 5.38. The summed E-state index contributed by atoms with van der Waals surface area (Å²) < 4.78 is 0. The zero-order chi connectivity index (χ0) is 8.10. The maximum Gasteiger partial charge on any atom is 0.130 e. The van der Waals surface area contributed by atoms with E-state index in [2.05, 4.69) is 10.3 Å². The highest BCUT2D eigenvalue weighted by atomic mass is 16.6. The van der Waals surface area contributed by atoms with Crippen LogP contribution in [-0.2, 0) is 9.63 Å². The lowest BCUT2D eigenvalue weighted by atomic mass is 10.1. The number of hydrogen-bond acceptors (Lipinski definition) is 3. The molecule has 1 aliphatic carbocycles. The second kappa shape index (κ2) is 3.88. The van der Waals surface area contributed by atoms with E-state index < -0.39 is 0 Å². The zero-order valence-electron chi connectivity index (χ0n) is 6.20. The van der Waals surface area contributed by atoms with Gasteiger partial charge in [0.25, 0.3) is 0 Å². The van der Waals surface area contributed by atoms with Gasteiger partial charge < -0.3 is 4.84 Å². The van der Waals surface area contributed by atoms with Crippen molar-refractivity contribution in [2.45, 2.75) is 6.04 Å². The molecule has 0 saturated heterocycles. The summed E-state index contributed by atoms with van der Waals surface area (Å²) in [6, 6.07) is -0.164. The molecule has 1 N–H and O–H groups in total. The van der Waals surface area contributed by atoms with Crippen molar-refractivity contribution >= 4 is 5.94 Å². The maximum absolute atomic E-state index is 10.3. The molecule has 0 amide bonds. The van der Waals surface area contributed by atoms with Crippen molar-refractivity contribution in [3.8, 4) is 0 Å². The SMILES string of the molecule is CONC1C=CC=CC1=C=O. The minimum Gasteiger partial charge on any atom is -0.304 e. The van der Waals surface area contributed by atoms with E-state index in [-0.39, 0.29) is 6.04 Å². The first-order valence-electron chi connectivity index (χ1n) is 3.27. The quantitative estimate of drug-likeness (QED) is 0.458. The fourth-order valence-electron chi connectivity index (χ4n) is 0.869. The largest absolute Gasteiger partial charge is 0.304 e. The standard InChI is InChI=1S/C8H9NO2/c1-11-9-8-5-3-2-4-7(8)6-10/h2-5,8-9H,1H3. The minimum atomic E-state index is -0.164. The van der Waals surface area contributed by atoms with E-state index in [9.17, 15) is 4.79 Å². The highest BCUT2D eigenvalue weighted by Crippen LogP contribution is 2.07. The lowest BCUT2D eigenvalue weighted by Crippen LogP contribution is -2.28. The molecule has 11 heavy (non-hydrogen) atoms. The number of hydrogen-bond donors (Lipinski definition) is 1. The Morgan fingerprint density at radius 1 is 1.64 bits per heavy atom. The van der Waals surface area contributed by atoms with Gasteiger partial charge in [0.15, 0.2) is 0 Å². The fourth-order valence-corrected chi connectivity index (χ4v) is 0.869. The average molecular weight is 151 g/mol. The van der Waals surface area contributed by atoms with Crippen molar-refractivity contribution in [1.29, 1.82) is 0 Å². The molecule has 3 nitrogen and oxygen atoms in total. The molecule has 0 aromatic rings. The van der Waals surface area contributed by atoms with Crippen molar-refractivity contribution in [1.82, 2.24) is 5.48 Å².